The van der Waals surface area contributed by atoms with Crippen LogP contribution in [0.2, 0.25) is 0 Å². The molecule has 20 heavy (non-hydrogen) atoms. The van der Waals surface area contributed by atoms with Crippen molar-refractivity contribution in [3.8, 4) is 5.75 Å². The Morgan fingerprint density at radius 3 is 2.80 bits per heavy atom. The van der Waals surface area contributed by atoms with Gasteiger partial charge in [0.15, 0.2) is 0 Å². The van der Waals surface area contributed by atoms with Gasteiger partial charge in [-0.05, 0) is 24.1 Å². The van der Waals surface area contributed by atoms with Crippen LogP contribution < -0.4 is 10.1 Å². The number of rotatable bonds is 6. The van der Waals surface area contributed by atoms with Crippen molar-refractivity contribution in [3.63, 3.8) is 0 Å². The molecular weight excluding hydrogens is 258 g/mol. The molecule has 1 aliphatic heterocycles. The summed E-state index contributed by atoms with van der Waals surface area (Å²) in [6.45, 7) is 1.11. The van der Waals surface area contributed by atoms with Gasteiger partial charge in [-0.3, -0.25) is 4.79 Å². The Morgan fingerprint density at radius 1 is 1.45 bits per heavy atom. The summed E-state index contributed by atoms with van der Waals surface area (Å²) < 4.78 is 10.2. The van der Waals surface area contributed by atoms with E-state index in [2.05, 4.69) is 5.32 Å². The molecule has 0 unspecified atom stereocenters. The summed E-state index contributed by atoms with van der Waals surface area (Å²) in [5.41, 5.74) is 0.194. The molecule has 1 aromatic rings. The van der Waals surface area contributed by atoms with Gasteiger partial charge in [0, 0.05) is 26.0 Å². The summed E-state index contributed by atoms with van der Waals surface area (Å²) in [7, 11) is 1.62. The topological polar surface area (TPSA) is 67.8 Å². The van der Waals surface area contributed by atoms with Gasteiger partial charge in [-0.2, -0.15) is 0 Å². The molecule has 1 atom stereocenters. The number of amides is 1. The fourth-order valence-corrected chi connectivity index (χ4v) is 2.14. The Kier molecular flexibility index (Phi) is 4.98. The monoisotopic (exact) mass is 279 g/mol. The van der Waals surface area contributed by atoms with E-state index in [1.165, 1.54) is 0 Å². The molecule has 1 heterocycles. The van der Waals surface area contributed by atoms with Crippen LogP contribution >= 0.6 is 0 Å². The van der Waals surface area contributed by atoms with E-state index >= 15 is 0 Å². The van der Waals surface area contributed by atoms with Crippen LogP contribution in [-0.2, 0) is 16.0 Å². The number of methoxy groups -OCH3 is 1. The average Bonchev–Trinajstić information content (AvgIpc) is 2.91. The average molecular weight is 279 g/mol. The summed E-state index contributed by atoms with van der Waals surface area (Å²) in [6, 6.07) is 7.66. The fourth-order valence-electron chi connectivity index (χ4n) is 2.14. The molecule has 1 amide bonds. The minimum absolute atomic E-state index is 0.0545. The first-order valence-corrected chi connectivity index (χ1v) is 6.81. The van der Waals surface area contributed by atoms with Gasteiger partial charge in [0.1, 0.15) is 11.4 Å². The number of carbonyl (C=O) groups excluding carboxylic acids is 1. The van der Waals surface area contributed by atoms with Crippen LogP contribution in [0.1, 0.15) is 18.4 Å². The Labute approximate surface area is 118 Å². The number of hydrogen-bond acceptors (Lipinski definition) is 4. The Morgan fingerprint density at radius 2 is 2.20 bits per heavy atom. The molecule has 110 valence electrons. The first-order valence-electron chi connectivity index (χ1n) is 6.81. The SMILES string of the molecule is COc1ccc(CCC(=O)NC[C@]2(O)CCOC2)cc1. The minimum atomic E-state index is -0.893. The van der Waals surface area contributed by atoms with E-state index in [-0.39, 0.29) is 12.5 Å². The molecule has 1 aromatic carbocycles. The van der Waals surface area contributed by atoms with Crippen LogP contribution in [0.5, 0.6) is 5.75 Å². The van der Waals surface area contributed by atoms with E-state index in [9.17, 15) is 9.90 Å². The molecule has 1 fully saturated rings. The highest BCUT2D eigenvalue weighted by molar-refractivity contribution is 5.76. The van der Waals surface area contributed by atoms with Crippen molar-refractivity contribution in [2.75, 3.05) is 26.9 Å². The minimum Gasteiger partial charge on any atom is -0.497 e. The third-order valence-corrected chi connectivity index (χ3v) is 3.50. The molecule has 0 aromatic heterocycles. The molecule has 5 heteroatoms. The largest absolute Gasteiger partial charge is 0.497 e. The number of carbonyl (C=O) groups is 1. The van der Waals surface area contributed by atoms with Gasteiger partial charge in [0.2, 0.25) is 5.91 Å². The summed E-state index contributed by atoms with van der Waals surface area (Å²) in [5, 5.41) is 12.8. The second-order valence-corrected chi connectivity index (χ2v) is 5.15. The summed E-state index contributed by atoms with van der Waals surface area (Å²) >= 11 is 0. The Hall–Kier alpha value is -1.59. The van der Waals surface area contributed by atoms with Crippen molar-refractivity contribution >= 4 is 5.91 Å². The van der Waals surface area contributed by atoms with E-state index in [0.717, 1.165) is 11.3 Å². The zero-order valence-electron chi connectivity index (χ0n) is 11.7. The smallest absolute Gasteiger partial charge is 0.220 e. The second kappa shape index (κ2) is 6.72. The van der Waals surface area contributed by atoms with Gasteiger partial charge in [0.05, 0.1) is 13.7 Å². The van der Waals surface area contributed by atoms with E-state index < -0.39 is 5.60 Å². The van der Waals surface area contributed by atoms with E-state index in [1.807, 2.05) is 24.3 Å². The van der Waals surface area contributed by atoms with Crippen molar-refractivity contribution in [1.29, 1.82) is 0 Å². The molecule has 2 N–H and O–H groups in total. The fraction of sp³-hybridized carbons (Fsp3) is 0.533. The third-order valence-electron chi connectivity index (χ3n) is 3.50. The lowest BCUT2D eigenvalue weighted by Gasteiger charge is -2.20. The van der Waals surface area contributed by atoms with Crippen LogP contribution in [-0.4, -0.2) is 43.5 Å². The third kappa shape index (κ3) is 4.21. The van der Waals surface area contributed by atoms with Crippen LogP contribution in [0.4, 0.5) is 0 Å². The van der Waals surface area contributed by atoms with Crippen molar-refractivity contribution in [3.05, 3.63) is 29.8 Å². The number of hydrogen-bond donors (Lipinski definition) is 2. The van der Waals surface area contributed by atoms with Crippen molar-refractivity contribution in [2.24, 2.45) is 0 Å². The van der Waals surface area contributed by atoms with Gasteiger partial charge in [0.25, 0.3) is 0 Å². The maximum absolute atomic E-state index is 11.8. The lowest BCUT2D eigenvalue weighted by molar-refractivity contribution is -0.122. The summed E-state index contributed by atoms with van der Waals surface area (Å²) in [4.78, 5) is 11.8. The molecule has 1 saturated heterocycles. The maximum atomic E-state index is 11.8. The van der Waals surface area contributed by atoms with Crippen molar-refractivity contribution < 1.29 is 19.4 Å². The predicted octanol–water partition coefficient (Wildman–Crippen LogP) is 0.895. The normalized spacial score (nSPS) is 21.7. The zero-order chi connectivity index (χ0) is 14.4. The molecule has 5 nitrogen and oxygen atoms in total. The first-order chi connectivity index (χ1) is 9.61. The molecule has 2 rings (SSSR count). The number of aliphatic hydroxyl groups is 1. The molecule has 0 spiro atoms. The highest BCUT2D eigenvalue weighted by Crippen LogP contribution is 2.17. The Bertz CT molecular complexity index is 438. The lowest BCUT2D eigenvalue weighted by Crippen LogP contribution is -2.43. The van der Waals surface area contributed by atoms with Gasteiger partial charge >= 0.3 is 0 Å². The maximum Gasteiger partial charge on any atom is 0.220 e. The van der Waals surface area contributed by atoms with Gasteiger partial charge in [-0.25, -0.2) is 0 Å². The highest BCUT2D eigenvalue weighted by atomic mass is 16.5. The van der Waals surface area contributed by atoms with Gasteiger partial charge in [-0.1, -0.05) is 12.1 Å². The molecule has 0 aliphatic carbocycles. The number of aryl methyl sites for hydroxylation is 1. The molecule has 1 aliphatic rings. The number of nitrogens with one attached hydrogen (secondary N) is 1. The van der Waals surface area contributed by atoms with E-state index in [4.69, 9.17) is 9.47 Å². The summed E-state index contributed by atoms with van der Waals surface area (Å²) in [6.07, 6.45) is 1.65. The van der Waals surface area contributed by atoms with Crippen LogP contribution in [0.15, 0.2) is 24.3 Å². The van der Waals surface area contributed by atoms with Crippen molar-refractivity contribution in [1.82, 2.24) is 5.32 Å². The Balaban J connectivity index is 1.71. The van der Waals surface area contributed by atoms with Gasteiger partial charge in [-0.15, -0.1) is 0 Å². The van der Waals surface area contributed by atoms with Gasteiger partial charge < -0.3 is 19.9 Å². The van der Waals surface area contributed by atoms with E-state index in [1.54, 1.807) is 7.11 Å². The second-order valence-electron chi connectivity index (χ2n) is 5.15. The van der Waals surface area contributed by atoms with Crippen molar-refractivity contribution in [2.45, 2.75) is 24.9 Å². The van der Waals surface area contributed by atoms with Crippen LogP contribution in [0.3, 0.4) is 0 Å². The highest BCUT2D eigenvalue weighted by Gasteiger charge is 2.32. The molecule has 0 saturated carbocycles. The quantitative estimate of drug-likeness (QED) is 0.811. The van der Waals surface area contributed by atoms with Crippen LogP contribution in [0.25, 0.3) is 0 Å². The standard InChI is InChI=1S/C15H21NO4/c1-19-13-5-2-12(3-6-13)4-7-14(17)16-10-15(18)8-9-20-11-15/h2-3,5-6,18H,4,7-11H2,1H3,(H,16,17)/t15-/m1/s1. The van der Waals surface area contributed by atoms with Crippen LogP contribution in [0, 0.1) is 0 Å². The lowest BCUT2D eigenvalue weighted by atomic mass is 10.0. The molecule has 0 bridgehead atoms. The number of benzene rings is 1. The molecule has 0 radical (unpaired) electrons. The molecular formula is C15H21NO4. The first kappa shape index (κ1) is 14.8. The predicted molar refractivity (Wildman–Crippen MR) is 74.7 cm³/mol. The van der Waals surface area contributed by atoms with E-state index in [0.29, 0.717) is 32.5 Å². The summed E-state index contributed by atoms with van der Waals surface area (Å²) in [5.74, 6) is 0.753. The zero-order valence-corrected chi connectivity index (χ0v) is 11.7. The number of ether oxygens (including phenoxy) is 2.